The van der Waals surface area contributed by atoms with E-state index in [0.29, 0.717) is 5.02 Å². The molecule has 1 N–H and O–H groups in total. The highest BCUT2D eigenvalue weighted by molar-refractivity contribution is 6.30. The quantitative estimate of drug-likeness (QED) is 0.927. The fourth-order valence-corrected chi connectivity index (χ4v) is 3.49. The fraction of sp³-hybridized carbons (Fsp3) is 0.625. The Labute approximate surface area is 130 Å². The van der Waals surface area contributed by atoms with Crippen LogP contribution in [0.4, 0.5) is 0 Å². The van der Waals surface area contributed by atoms with Crippen LogP contribution in [0, 0.1) is 0 Å². The molecule has 2 heterocycles. The molecule has 0 saturated carbocycles. The number of aliphatic hydroxyl groups is 1. The Morgan fingerprint density at radius 1 is 1.38 bits per heavy atom. The zero-order valence-electron chi connectivity index (χ0n) is 12.1. The van der Waals surface area contributed by atoms with Crippen molar-refractivity contribution in [3.63, 3.8) is 0 Å². The number of rotatable bonds is 4. The minimum Gasteiger partial charge on any atom is -0.489 e. The van der Waals surface area contributed by atoms with Crippen molar-refractivity contribution in [3.8, 4) is 5.75 Å². The first kappa shape index (κ1) is 15.1. The third kappa shape index (κ3) is 3.34. The van der Waals surface area contributed by atoms with E-state index < -0.39 is 0 Å². The van der Waals surface area contributed by atoms with Crippen LogP contribution >= 0.6 is 11.6 Å². The molecule has 0 radical (unpaired) electrons. The van der Waals surface area contributed by atoms with Crippen molar-refractivity contribution in [2.45, 2.75) is 30.9 Å². The zero-order chi connectivity index (χ0) is 14.7. The molecule has 116 valence electrons. The van der Waals surface area contributed by atoms with Crippen LogP contribution in [0.25, 0.3) is 0 Å². The highest BCUT2D eigenvalue weighted by atomic mass is 35.5. The summed E-state index contributed by atoms with van der Waals surface area (Å²) in [4.78, 5) is 2.38. The van der Waals surface area contributed by atoms with Gasteiger partial charge < -0.3 is 14.6 Å². The van der Waals surface area contributed by atoms with Gasteiger partial charge in [0.15, 0.2) is 0 Å². The van der Waals surface area contributed by atoms with E-state index in [-0.39, 0.29) is 18.2 Å². The van der Waals surface area contributed by atoms with Crippen LogP contribution < -0.4 is 4.74 Å². The predicted molar refractivity (Wildman–Crippen MR) is 81.9 cm³/mol. The van der Waals surface area contributed by atoms with Crippen LogP contribution in [0.1, 0.15) is 19.3 Å². The number of aliphatic hydroxyl groups excluding tert-OH is 1. The molecule has 2 aliphatic rings. The number of hydrogen-bond acceptors (Lipinski definition) is 4. The molecule has 1 aromatic carbocycles. The molecular formula is C16H22ClNO3. The predicted octanol–water partition coefficient (Wildman–Crippen LogP) is 2.33. The molecule has 0 aliphatic carbocycles. The Bertz CT molecular complexity index is 476. The Morgan fingerprint density at radius 2 is 2.19 bits per heavy atom. The topological polar surface area (TPSA) is 41.9 Å². The first-order chi connectivity index (χ1) is 10.2. The van der Waals surface area contributed by atoms with Gasteiger partial charge in [-0.25, -0.2) is 0 Å². The normalized spacial score (nSPS) is 25.9. The summed E-state index contributed by atoms with van der Waals surface area (Å²) >= 11 is 5.99. The highest BCUT2D eigenvalue weighted by Crippen LogP contribution is 2.32. The van der Waals surface area contributed by atoms with E-state index in [4.69, 9.17) is 21.1 Å². The molecule has 21 heavy (non-hydrogen) atoms. The van der Waals surface area contributed by atoms with Gasteiger partial charge >= 0.3 is 0 Å². The molecule has 3 rings (SSSR count). The molecule has 2 aliphatic heterocycles. The average molecular weight is 312 g/mol. The van der Waals surface area contributed by atoms with Gasteiger partial charge in [-0.15, -0.1) is 0 Å². The maximum absolute atomic E-state index is 9.86. The zero-order valence-corrected chi connectivity index (χ0v) is 12.9. The van der Waals surface area contributed by atoms with E-state index in [2.05, 4.69) is 4.90 Å². The summed E-state index contributed by atoms with van der Waals surface area (Å²) in [6.07, 6.45) is 2.94. The highest BCUT2D eigenvalue weighted by Gasteiger charge is 2.41. The third-order valence-corrected chi connectivity index (χ3v) is 4.87. The molecule has 0 aromatic heterocycles. The van der Waals surface area contributed by atoms with Crippen molar-refractivity contribution < 1.29 is 14.6 Å². The van der Waals surface area contributed by atoms with Gasteiger partial charge in [0.05, 0.1) is 6.61 Å². The molecule has 1 atom stereocenters. The summed E-state index contributed by atoms with van der Waals surface area (Å²) in [6, 6.07) is 7.53. The van der Waals surface area contributed by atoms with Gasteiger partial charge in [-0.3, -0.25) is 4.90 Å². The van der Waals surface area contributed by atoms with Crippen molar-refractivity contribution in [2.75, 3.05) is 32.9 Å². The molecule has 2 saturated heterocycles. The number of hydrogen-bond donors (Lipinski definition) is 1. The molecule has 0 bridgehead atoms. The first-order valence-corrected chi connectivity index (χ1v) is 7.95. The van der Waals surface area contributed by atoms with Gasteiger partial charge in [0.1, 0.15) is 11.9 Å². The van der Waals surface area contributed by atoms with E-state index in [9.17, 15) is 5.11 Å². The van der Waals surface area contributed by atoms with Gasteiger partial charge in [0.25, 0.3) is 0 Å². The van der Waals surface area contributed by atoms with Gasteiger partial charge in [0.2, 0.25) is 0 Å². The molecule has 0 spiro atoms. The molecule has 1 aromatic rings. The Balaban J connectivity index is 1.62. The lowest BCUT2D eigenvalue weighted by Gasteiger charge is -2.43. The van der Waals surface area contributed by atoms with Crippen molar-refractivity contribution in [1.29, 1.82) is 0 Å². The molecular weight excluding hydrogens is 290 g/mol. The number of ether oxygens (including phenoxy) is 2. The smallest absolute Gasteiger partial charge is 0.121 e. The standard InChI is InChI=1S/C16H22ClNO3/c17-13-2-1-3-14(10-13)21-15-4-7-18(11-15)16(12-19)5-8-20-9-6-16/h1-3,10,15,19H,4-9,11-12H2/t15-/m0/s1. The summed E-state index contributed by atoms with van der Waals surface area (Å²) in [5.74, 6) is 0.819. The number of likely N-dealkylation sites (tertiary alicyclic amines) is 1. The number of benzene rings is 1. The van der Waals surface area contributed by atoms with E-state index in [1.807, 2.05) is 24.3 Å². The number of nitrogens with zero attached hydrogens (tertiary/aromatic N) is 1. The van der Waals surface area contributed by atoms with E-state index in [0.717, 1.165) is 51.3 Å². The van der Waals surface area contributed by atoms with E-state index in [1.54, 1.807) is 0 Å². The number of halogens is 1. The van der Waals surface area contributed by atoms with Crippen molar-refractivity contribution in [2.24, 2.45) is 0 Å². The molecule has 2 fully saturated rings. The summed E-state index contributed by atoms with van der Waals surface area (Å²) in [6.45, 7) is 3.48. The van der Waals surface area contributed by atoms with Crippen LogP contribution in [0.3, 0.4) is 0 Å². The Hall–Kier alpha value is -0.810. The van der Waals surface area contributed by atoms with Crippen molar-refractivity contribution in [3.05, 3.63) is 29.3 Å². The Kier molecular flexibility index (Phi) is 4.69. The van der Waals surface area contributed by atoms with Gasteiger partial charge in [-0.1, -0.05) is 17.7 Å². The second kappa shape index (κ2) is 6.53. The first-order valence-electron chi connectivity index (χ1n) is 7.58. The Morgan fingerprint density at radius 3 is 2.90 bits per heavy atom. The van der Waals surface area contributed by atoms with Gasteiger partial charge in [-0.05, 0) is 37.5 Å². The van der Waals surface area contributed by atoms with E-state index in [1.165, 1.54) is 0 Å². The van der Waals surface area contributed by atoms with Crippen LogP contribution in [-0.2, 0) is 4.74 Å². The molecule has 0 unspecified atom stereocenters. The second-order valence-electron chi connectivity index (χ2n) is 5.93. The summed E-state index contributed by atoms with van der Waals surface area (Å²) < 4.78 is 11.5. The van der Waals surface area contributed by atoms with Gasteiger partial charge in [0, 0.05) is 36.9 Å². The molecule has 0 amide bonds. The summed E-state index contributed by atoms with van der Waals surface area (Å²) in [7, 11) is 0. The monoisotopic (exact) mass is 311 g/mol. The van der Waals surface area contributed by atoms with Crippen molar-refractivity contribution in [1.82, 2.24) is 4.90 Å². The molecule has 5 heteroatoms. The van der Waals surface area contributed by atoms with Crippen LogP contribution in [0.2, 0.25) is 5.02 Å². The molecule has 4 nitrogen and oxygen atoms in total. The minimum absolute atomic E-state index is 0.120. The maximum atomic E-state index is 9.86. The lowest BCUT2D eigenvalue weighted by atomic mass is 9.89. The average Bonchev–Trinajstić information content (AvgIpc) is 2.97. The minimum atomic E-state index is -0.120. The summed E-state index contributed by atoms with van der Waals surface area (Å²) in [5, 5.41) is 10.6. The third-order valence-electron chi connectivity index (χ3n) is 4.63. The fourth-order valence-electron chi connectivity index (χ4n) is 3.31. The lowest BCUT2D eigenvalue weighted by Crippen LogP contribution is -2.54. The van der Waals surface area contributed by atoms with Gasteiger partial charge in [-0.2, -0.15) is 0 Å². The maximum Gasteiger partial charge on any atom is 0.121 e. The van der Waals surface area contributed by atoms with Crippen LogP contribution in [-0.4, -0.2) is 54.6 Å². The van der Waals surface area contributed by atoms with Crippen LogP contribution in [0.5, 0.6) is 5.75 Å². The van der Waals surface area contributed by atoms with Crippen LogP contribution in [0.15, 0.2) is 24.3 Å². The van der Waals surface area contributed by atoms with E-state index >= 15 is 0 Å². The lowest BCUT2D eigenvalue weighted by molar-refractivity contribution is -0.0501. The SMILES string of the molecule is OCC1(N2CC[C@H](Oc3cccc(Cl)c3)C2)CCOCC1. The second-order valence-corrected chi connectivity index (χ2v) is 6.36. The largest absolute Gasteiger partial charge is 0.489 e. The summed E-state index contributed by atoms with van der Waals surface area (Å²) in [5.41, 5.74) is -0.120. The van der Waals surface area contributed by atoms with Crippen molar-refractivity contribution >= 4 is 11.6 Å².